The molecule has 1 aromatic heterocycles. The molecule has 7 atom stereocenters. The van der Waals surface area contributed by atoms with Crippen LogP contribution in [0.3, 0.4) is 0 Å². The Morgan fingerprint density at radius 1 is 0.703 bits per heavy atom. The summed E-state index contributed by atoms with van der Waals surface area (Å²) < 4.78 is 0. The molecular formula is C51H74N14O9. The third-order valence-corrected chi connectivity index (χ3v) is 12.8. The minimum atomic E-state index is -1.31. The highest BCUT2D eigenvalue weighted by atomic mass is 16.2. The summed E-state index contributed by atoms with van der Waals surface area (Å²) in [5, 5.41) is 14.3. The first kappa shape index (κ1) is 58.9. The van der Waals surface area contributed by atoms with Gasteiger partial charge >= 0.3 is 0 Å². The lowest BCUT2D eigenvalue weighted by atomic mass is 9.83. The van der Waals surface area contributed by atoms with Crippen molar-refractivity contribution >= 4 is 75.6 Å². The Labute approximate surface area is 430 Å². The lowest BCUT2D eigenvalue weighted by Crippen LogP contribution is -2.58. The molecule has 1 fully saturated rings. The first-order valence-electron chi connectivity index (χ1n) is 25.1. The van der Waals surface area contributed by atoms with Gasteiger partial charge in [0.15, 0.2) is 17.7 Å². The number of ketones is 3. The molecule has 0 spiro atoms. The summed E-state index contributed by atoms with van der Waals surface area (Å²) in [4.78, 5) is 136. The number of aliphatic imine (C=N–C) groups is 2. The Kier molecular flexibility index (Phi) is 24.2. The van der Waals surface area contributed by atoms with E-state index in [9.17, 15) is 43.2 Å². The average molecular weight is 1030 g/mol. The number of benzene rings is 2. The number of H-pyrrole nitrogens is 1. The summed E-state index contributed by atoms with van der Waals surface area (Å²) in [7, 11) is 0. The molecule has 402 valence electrons. The first-order chi connectivity index (χ1) is 35.3. The van der Waals surface area contributed by atoms with Gasteiger partial charge in [-0.15, -0.1) is 0 Å². The van der Waals surface area contributed by atoms with Crippen molar-refractivity contribution in [3.8, 4) is 0 Å². The van der Waals surface area contributed by atoms with Crippen LogP contribution in [0.15, 0.2) is 70.8 Å². The van der Waals surface area contributed by atoms with Crippen molar-refractivity contribution in [3.63, 3.8) is 0 Å². The Hall–Kier alpha value is -7.69. The first-order valence-corrected chi connectivity index (χ1v) is 25.1. The van der Waals surface area contributed by atoms with Crippen LogP contribution in [0, 0.1) is 11.8 Å². The second-order valence-electron chi connectivity index (χ2n) is 18.7. The fourth-order valence-electron chi connectivity index (χ4n) is 8.85. The third kappa shape index (κ3) is 20.1. The Bertz CT molecular complexity index is 2470. The maximum Gasteiger partial charge on any atom is 0.243 e. The van der Waals surface area contributed by atoms with Gasteiger partial charge in [0.05, 0.1) is 6.04 Å². The van der Waals surface area contributed by atoms with Crippen molar-refractivity contribution in [2.75, 3.05) is 19.6 Å². The SMILES string of the molecule is CC(=O)N[C@@H](CCCN=C(N)N)C(=O)N[C@H]1CCCCC(=O)CC[C@@H](C(N)=O)NC(=O)[C@H](Cc2c[nH]c3ccccc23)CC(=O)[C@H](CCCN=C(N)N)CC(=O)[C@@H](Cc2ccccc2)NC(=O)[C@H](CCN)NC1=O. The van der Waals surface area contributed by atoms with Crippen LogP contribution in [0.4, 0.5) is 0 Å². The standard InChI is InChI=1S/C51H74N14O9/c1-30(66)61-39(18-10-24-59-51(56)57)47(72)63-40-17-7-5-14-35(67)19-20-38(45(53)70)62-46(71)33(26-34-29-60-37-16-8-6-15-36(34)37)28-43(68)32(13-9-23-58-50(54)55)27-44(69)42(25-31-11-3-2-4-12-31)65-49(74)41(21-22-52)64-48(40)73/h2-4,6,8,11-12,15-16,29,32-33,38-42,60H,5,7,9-10,13-14,17-28,52H2,1H3,(H2,53,70)(H,61,66)(H,62,71)(H,63,72)(H,64,73)(H,65,74)(H4,54,55,58)(H4,56,57,59)/t32-,33-,38+,39+,40+,41+,42-/m1/s1. The van der Waals surface area contributed by atoms with E-state index in [2.05, 4.69) is 41.6 Å². The highest BCUT2D eigenvalue weighted by Crippen LogP contribution is 2.26. The largest absolute Gasteiger partial charge is 0.370 e. The van der Waals surface area contributed by atoms with E-state index in [1.807, 2.05) is 24.3 Å². The molecule has 2 heterocycles. The van der Waals surface area contributed by atoms with Gasteiger partial charge in [0.2, 0.25) is 35.4 Å². The van der Waals surface area contributed by atoms with E-state index in [-0.39, 0.29) is 134 Å². The molecule has 2 aromatic carbocycles. The quantitative estimate of drug-likeness (QED) is 0.0431. The smallest absolute Gasteiger partial charge is 0.243 e. The molecular weight excluding hydrogens is 953 g/mol. The third-order valence-electron chi connectivity index (χ3n) is 12.8. The van der Waals surface area contributed by atoms with Gasteiger partial charge in [-0.3, -0.25) is 53.1 Å². The lowest BCUT2D eigenvalue weighted by molar-refractivity contribution is -0.135. The van der Waals surface area contributed by atoms with Crippen LogP contribution in [0.2, 0.25) is 0 Å². The minimum Gasteiger partial charge on any atom is -0.370 e. The van der Waals surface area contributed by atoms with Crippen LogP contribution < -0.4 is 61.0 Å². The summed E-state index contributed by atoms with van der Waals surface area (Å²) in [6, 6.07) is 10.0. The van der Waals surface area contributed by atoms with Gasteiger partial charge in [-0.2, -0.15) is 0 Å². The number of amides is 6. The zero-order chi connectivity index (χ0) is 54.2. The lowest BCUT2D eigenvalue weighted by Gasteiger charge is -2.27. The van der Waals surface area contributed by atoms with E-state index in [0.717, 1.165) is 16.5 Å². The Morgan fingerprint density at radius 2 is 1.36 bits per heavy atom. The molecule has 0 unspecified atom stereocenters. The maximum atomic E-state index is 14.7. The van der Waals surface area contributed by atoms with Crippen molar-refractivity contribution in [3.05, 3.63) is 71.9 Å². The molecule has 0 aliphatic carbocycles. The van der Waals surface area contributed by atoms with Crippen LogP contribution in [-0.4, -0.2) is 120 Å². The molecule has 0 radical (unpaired) electrons. The van der Waals surface area contributed by atoms with E-state index in [1.165, 1.54) is 6.92 Å². The van der Waals surface area contributed by atoms with Gasteiger partial charge < -0.3 is 66.0 Å². The molecule has 23 heteroatoms. The number of nitrogens with zero attached hydrogens (tertiary/aromatic N) is 2. The van der Waals surface area contributed by atoms with E-state index in [4.69, 9.17) is 34.4 Å². The van der Waals surface area contributed by atoms with Crippen LogP contribution in [0.25, 0.3) is 10.9 Å². The number of aromatic amines is 1. The number of nitrogens with two attached hydrogens (primary N) is 6. The maximum absolute atomic E-state index is 14.7. The number of carbonyl (C=O) groups is 9. The molecule has 0 saturated carbocycles. The van der Waals surface area contributed by atoms with Crippen molar-refractivity contribution in [2.24, 2.45) is 56.2 Å². The summed E-state index contributed by atoms with van der Waals surface area (Å²) >= 11 is 0. The van der Waals surface area contributed by atoms with E-state index in [0.29, 0.717) is 5.56 Å². The number of primary amides is 1. The number of guanidine groups is 2. The Balaban J connectivity index is 1.75. The van der Waals surface area contributed by atoms with Gasteiger partial charge in [0.25, 0.3) is 0 Å². The number of rotatable bonds is 18. The number of para-hydroxylation sites is 1. The fraction of sp³-hybridized carbons (Fsp3) is 0.510. The summed E-state index contributed by atoms with van der Waals surface area (Å²) in [6.07, 6.45) is 1.85. The fourth-order valence-corrected chi connectivity index (χ4v) is 8.85. The number of Topliss-reactive ketones (excluding diaryl/α,β-unsaturated/α-hetero) is 3. The molecule has 1 aliphatic rings. The van der Waals surface area contributed by atoms with Gasteiger partial charge in [-0.1, -0.05) is 55.0 Å². The van der Waals surface area contributed by atoms with Gasteiger partial charge in [0.1, 0.15) is 35.7 Å². The van der Waals surface area contributed by atoms with Gasteiger partial charge in [-0.05, 0) is 87.9 Å². The van der Waals surface area contributed by atoms with Crippen molar-refractivity contribution in [2.45, 2.75) is 133 Å². The predicted octanol–water partition coefficient (Wildman–Crippen LogP) is -0.588. The molecule has 23 nitrogen and oxygen atoms in total. The number of fused-ring (bicyclic) bond motifs is 1. The average Bonchev–Trinajstić information content (AvgIpc) is 3.76. The molecule has 1 saturated heterocycles. The van der Waals surface area contributed by atoms with Crippen LogP contribution in [0.5, 0.6) is 0 Å². The molecule has 3 aromatic rings. The topological polar surface area (TPSA) is 410 Å². The second kappa shape index (κ2) is 30.4. The van der Waals surface area contributed by atoms with E-state index >= 15 is 0 Å². The van der Waals surface area contributed by atoms with Gasteiger partial charge in [-0.25, -0.2) is 0 Å². The molecule has 4 rings (SSSR count). The van der Waals surface area contributed by atoms with Crippen LogP contribution in [-0.2, 0) is 56.0 Å². The predicted molar refractivity (Wildman–Crippen MR) is 279 cm³/mol. The summed E-state index contributed by atoms with van der Waals surface area (Å²) in [6.45, 7) is 1.43. The molecule has 6 amide bonds. The van der Waals surface area contributed by atoms with E-state index < -0.39 is 89.1 Å². The number of nitrogens with one attached hydrogen (secondary N) is 6. The molecule has 18 N–H and O–H groups in total. The van der Waals surface area contributed by atoms with E-state index in [1.54, 1.807) is 36.5 Å². The summed E-state index contributed by atoms with van der Waals surface area (Å²) in [5.41, 5.74) is 36.0. The van der Waals surface area contributed by atoms with Crippen molar-refractivity contribution in [1.29, 1.82) is 0 Å². The highest BCUT2D eigenvalue weighted by molar-refractivity contribution is 5.98. The number of hydrogen-bond donors (Lipinski definition) is 12. The molecule has 0 bridgehead atoms. The van der Waals surface area contributed by atoms with Crippen molar-refractivity contribution in [1.82, 2.24) is 31.6 Å². The molecule has 1 aliphatic heterocycles. The Morgan fingerprint density at radius 3 is 2.04 bits per heavy atom. The number of aromatic nitrogens is 1. The second-order valence-corrected chi connectivity index (χ2v) is 18.7. The number of hydrogen-bond acceptors (Lipinski definition) is 12. The zero-order valence-electron chi connectivity index (χ0n) is 42.1. The monoisotopic (exact) mass is 1030 g/mol. The minimum absolute atomic E-state index is 0.00167. The van der Waals surface area contributed by atoms with Crippen molar-refractivity contribution < 1.29 is 43.2 Å². The highest BCUT2D eigenvalue weighted by Gasteiger charge is 2.35. The normalized spacial score (nSPS) is 21.5. The van der Waals surface area contributed by atoms with Crippen LogP contribution >= 0.6 is 0 Å². The zero-order valence-corrected chi connectivity index (χ0v) is 42.1. The van der Waals surface area contributed by atoms with Crippen LogP contribution in [0.1, 0.15) is 102 Å². The summed E-state index contributed by atoms with van der Waals surface area (Å²) in [5.74, 6) is -7.98. The molecule has 74 heavy (non-hydrogen) atoms. The number of carbonyl (C=O) groups excluding carboxylic acids is 9. The van der Waals surface area contributed by atoms with Gasteiger partial charge in [0, 0.05) is 74.6 Å².